The number of imidazole rings is 1. The molecule has 1 aromatic carbocycles. The van der Waals surface area contributed by atoms with E-state index in [1.54, 1.807) is 24.3 Å². The summed E-state index contributed by atoms with van der Waals surface area (Å²) in [6.45, 7) is 3.13. The zero-order valence-corrected chi connectivity index (χ0v) is 13.1. The first-order valence-electron chi connectivity index (χ1n) is 7.57. The van der Waals surface area contributed by atoms with E-state index in [-0.39, 0.29) is 5.78 Å². The molecule has 0 atom stereocenters. The van der Waals surface area contributed by atoms with Gasteiger partial charge < -0.3 is 0 Å². The summed E-state index contributed by atoms with van der Waals surface area (Å²) in [6, 6.07) is 8.84. The zero-order valence-electron chi connectivity index (χ0n) is 13.1. The second kappa shape index (κ2) is 7.60. The number of nitrogens with zero attached hydrogens (tertiary/aromatic N) is 3. The molecule has 0 spiro atoms. The minimum absolute atomic E-state index is 0.0627. The molecule has 0 unspecified atom stereocenters. The first-order chi connectivity index (χ1) is 10.7. The summed E-state index contributed by atoms with van der Waals surface area (Å²) >= 11 is 0. The predicted molar refractivity (Wildman–Crippen MR) is 86.2 cm³/mol. The van der Waals surface area contributed by atoms with E-state index < -0.39 is 0 Å². The SMILES string of the molecule is CCCCn1cc[n+](C)c1[B-]CC(=O)c1ccc(C#N)cc1. The average Bonchev–Trinajstić information content (AvgIpc) is 2.90. The zero-order chi connectivity index (χ0) is 15.9. The fraction of sp³-hybridized carbons (Fsp3) is 0.353. The number of aromatic nitrogens is 2. The Morgan fingerprint density at radius 3 is 2.73 bits per heavy atom. The molecule has 2 radical (unpaired) electrons. The van der Waals surface area contributed by atoms with Crippen LogP contribution in [0.5, 0.6) is 0 Å². The highest BCUT2D eigenvalue weighted by Gasteiger charge is 2.06. The van der Waals surface area contributed by atoms with Crippen LogP contribution in [0.4, 0.5) is 0 Å². The van der Waals surface area contributed by atoms with Crippen molar-refractivity contribution in [3.8, 4) is 6.07 Å². The lowest BCUT2D eigenvalue weighted by atomic mass is 9.70. The molecule has 0 saturated carbocycles. The Hall–Kier alpha value is -2.35. The fourth-order valence-electron chi connectivity index (χ4n) is 2.35. The lowest BCUT2D eigenvalue weighted by Crippen LogP contribution is -2.50. The summed E-state index contributed by atoms with van der Waals surface area (Å²) in [4.78, 5) is 12.2. The van der Waals surface area contributed by atoms with Crippen molar-refractivity contribution in [3.63, 3.8) is 0 Å². The Kier molecular flexibility index (Phi) is 5.54. The Labute approximate surface area is 132 Å². The summed E-state index contributed by atoms with van der Waals surface area (Å²) in [6.07, 6.45) is 6.68. The van der Waals surface area contributed by atoms with Crippen LogP contribution in [0.1, 0.15) is 35.7 Å². The number of benzene rings is 1. The number of hydrogen-bond acceptors (Lipinski definition) is 2. The molecule has 2 rings (SSSR count). The minimum atomic E-state index is 0.0627. The number of aryl methyl sites for hydroxylation is 2. The van der Waals surface area contributed by atoms with Gasteiger partial charge in [0.05, 0.1) is 25.2 Å². The number of carbonyl (C=O) groups excluding carboxylic acids is 1. The van der Waals surface area contributed by atoms with Crippen molar-refractivity contribution in [1.29, 1.82) is 5.26 Å². The highest BCUT2D eigenvalue weighted by molar-refractivity contribution is 6.55. The summed E-state index contributed by atoms with van der Waals surface area (Å²) in [5.41, 5.74) is 2.26. The van der Waals surface area contributed by atoms with Crippen LogP contribution in [0.3, 0.4) is 0 Å². The van der Waals surface area contributed by atoms with Gasteiger partial charge in [0.1, 0.15) is 18.2 Å². The molecule has 0 aliphatic carbocycles. The molecule has 4 nitrogen and oxygen atoms in total. The summed E-state index contributed by atoms with van der Waals surface area (Å²) in [7, 11) is 3.96. The second-order valence-corrected chi connectivity index (χ2v) is 5.33. The lowest BCUT2D eigenvalue weighted by Gasteiger charge is -2.14. The molecule has 22 heavy (non-hydrogen) atoms. The highest BCUT2D eigenvalue weighted by atomic mass is 16.1. The van der Waals surface area contributed by atoms with Crippen molar-refractivity contribution in [2.75, 3.05) is 0 Å². The molecule has 0 aliphatic rings. The number of carbonyl (C=O) groups is 1. The molecule has 0 saturated heterocycles. The van der Waals surface area contributed by atoms with E-state index in [9.17, 15) is 4.79 Å². The van der Waals surface area contributed by atoms with Gasteiger partial charge in [0.15, 0.2) is 0 Å². The summed E-state index contributed by atoms with van der Waals surface area (Å²) in [5.74, 6) is 0.0627. The molecule has 0 amide bonds. The smallest absolute Gasteiger partial charge is 0.126 e. The average molecular weight is 293 g/mol. The van der Waals surface area contributed by atoms with Gasteiger partial charge in [-0.1, -0.05) is 25.5 Å². The Balaban J connectivity index is 2.01. The molecule has 1 aromatic heterocycles. The van der Waals surface area contributed by atoms with Crippen molar-refractivity contribution >= 4 is 18.8 Å². The number of hydrogen-bond donors (Lipinski definition) is 0. The van der Waals surface area contributed by atoms with Crippen LogP contribution in [0.2, 0.25) is 6.32 Å². The van der Waals surface area contributed by atoms with Crippen molar-refractivity contribution in [2.45, 2.75) is 32.6 Å². The monoisotopic (exact) mass is 293 g/mol. The Bertz CT molecular complexity index is 683. The van der Waals surface area contributed by atoms with Crippen LogP contribution in [0.15, 0.2) is 36.7 Å². The van der Waals surface area contributed by atoms with Gasteiger partial charge in [-0.3, -0.25) is 13.9 Å². The van der Waals surface area contributed by atoms with E-state index in [0.717, 1.165) is 25.1 Å². The van der Waals surface area contributed by atoms with E-state index in [2.05, 4.69) is 17.6 Å². The van der Waals surface area contributed by atoms with Gasteiger partial charge in [-0.2, -0.15) is 18.9 Å². The van der Waals surface area contributed by atoms with Crippen molar-refractivity contribution in [3.05, 3.63) is 47.8 Å². The Morgan fingerprint density at radius 2 is 2.09 bits per heavy atom. The molecule has 0 N–H and O–H groups in total. The van der Waals surface area contributed by atoms with Crippen LogP contribution in [-0.4, -0.2) is 17.6 Å². The molecule has 0 bridgehead atoms. The molecule has 1 heterocycles. The highest BCUT2D eigenvalue weighted by Crippen LogP contribution is 2.06. The molecule has 2 aromatic rings. The van der Waals surface area contributed by atoms with Crippen LogP contribution in [-0.2, 0) is 13.6 Å². The number of nitriles is 1. The molecule has 0 fully saturated rings. The van der Waals surface area contributed by atoms with E-state index in [0.29, 0.717) is 17.4 Å². The third-order valence-corrected chi connectivity index (χ3v) is 3.68. The third kappa shape index (κ3) is 3.85. The normalized spacial score (nSPS) is 10.4. The van der Waals surface area contributed by atoms with Gasteiger partial charge in [0, 0.05) is 11.3 Å². The first kappa shape index (κ1) is 16.0. The maximum Gasteiger partial charge on any atom is 0.126 e. The predicted octanol–water partition coefficient (Wildman–Crippen LogP) is 1.62. The van der Waals surface area contributed by atoms with E-state index in [4.69, 9.17) is 5.26 Å². The lowest BCUT2D eigenvalue weighted by molar-refractivity contribution is -0.653. The first-order valence-corrected chi connectivity index (χ1v) is 7.57. The van der Waals surface area contributed by atoms with Crippen molar-refractivity contribution in [2.24, 2.45) is 7.05 Å². The van der Waals surface area contributed by atoms with Gasteiger partial charge in [0.2, 0.25) is 0 Å². The van der Waals surface area contributed by atoms with Gasteiger partial charge in [-0.05, 0) is 18.6 Å². The maximum absolute atomic E-state index is 12.2. The molecular formula is C17H20BN3O. The molecule has 5 heteroatoms. The van der Waals surface area contributed by atoms with Gasteiger partial charge in [-0.25, -0.2) is 0 Å². The number of Topliss-reactive ketones (excluding diaryl/α,β-unsaturated/α-hetero) is 1. The third-order valence-electron chi connectivity index (χ3n) is 3.68. The summed E-state index contributed by atoms with van der Waals surface area (Å²) in [5, 5.41) is 8.78. The largest absolute Gasteiger partial charge is 0.298 e. The van der Waals surface area contributed by atoms with Crippen LogP contribution < -0.4 is 10.3 Å². The van der Waals surface area contributed by atoms with E-state index >= 15 is 0 Å². The van der Waals surface area contributed by atoms with Gasteiger partial charge >= 0.3 is 0 Å². The maximum atomic E-state index is 12.2. The van der Waals surface area contributed by atoms with Crippen molar-refractivity contribution in [1.82, 2.24) is 4.57 Å². The number of unbranched alkanes of at least 4 members (excludes halogenated alkanes) is 1. The van der Waals surface area contributed by atoms with Crippen LogP contribution >= 0.6 is 0 Å². The minimum Gasteiger partial charge on any atom is -0.298 e. The number of rotatable bonds is 7. The summed E-state index contributed by atoms with van der Waals surface area (Å²) < 4.78 is 4.21. The van der Waals surface area contributed by atoms with E-state index in [1.807, 2.05) is 31.3 Å². The van der Waals surface area contributed by atoms with Crippen LogP contribution in [0.25, 0.3) is 0 Å². The quantitative estimate of drug-likeness (QED) is 0.442. The number of ketones is 1. The second-order valence-electron chi connectivity index (χ2n) is 5.33. The van der Waals surface area contributed by atoms with Crippen molar-refractivity contribution < 1.29 is 9.36 Å². The molecule has 112 valence electrons. The Morgan fingerprint density at radius 1 is 1.36 bits per heavy atom. The molecular weight excluding hydrogens is 273 g/mol. The van der Waals surface area contributed by atoms with Gasteiger partial charge in [0.25, 0.3) is 0 Å². The van der Waals surface area contributed by atoms with Gasteiger partial charge in [-0.15, -0.1) is 0 Å². The fourth-order valence-corrected chi connectivity index (χ4v) is 2.35. The molecule has 0 aliphatic heterocycles. The standard InChI is InChI=1S/C17H20BN3O/c1-3-4-9-21-11-10-20(2)17(21)18-12-16(22)15-7-5-14(13-19)6-8-15/h5-8,10-11H,3-4,9,12H2,1-2H3. The van der Waals surface area contributed by atoms with Crippen LogP contribution in [0, 0.1) is 11.3 Å². The topological polar surface area (TPSA) is 49.7 Å². The van der Waals surface area contributed by atoms with E-state index in [1.165, 1.54) is 0 Å².